The number of nitrogens with zero attached hydrogens (tertiary/aromatic N) is 4. The van der Waals surface area contributed by atoms with Crippen LogP contribution < -0.4 is 14.4 Å². The van der Waals surface area contributed by atoms with Gasteiger partial charge in [0.15, 0.2) is 5.01 Å². The van der Waals surface area contributed by atoms with Crippen molar-refractivity contribution >= 4 is 22.4 Å². The van der Waals surface area contributed by atoms with E-state index in [1.807, 2.05) is 12.1 Å². The highest BCUT2D eigenvalue weighted by atomic mass is 32.1. The zero-order valence-electron chi connectivity index (χ0n) is 16.2. The fourth-order valence-electron chi connectivity index (χ4n) is 2.66. The summed E-state index contributed by atoms with van der Waals surface area (Å²) in [6.07, 6.45) is 3.43. The molecule has 3 rings (SSSR count). The van der Waals surface area contributed by atoms with E-state index in [0.29, 0.717) is 33.7 Å². The molecule has 0 aliphatic rings. The van der Waals surface area contributed by atoms with Crippen molar-refractivity contribution in [3.8, 4) is 22.1 Å². The topological polar surface area (TPSA) is 77.4 Å². The largest absolute Gasteiger partial charge is 0.497 e. The Morgan fingerprint density at radius 1 is 1.18 bits per heavy atom. The van der Waals surface area contributed by atoms with Crippen LogP contribution in [0.4, 0.5) is 5.13 Å². The monoisotopic (exact) mass is 398 g/mol. The number of aromatic nitrogens is 3. The van der Waals surface area contributed by atoms with E-state index in [1.165, 1.54) is 18.4 Å². The lowest BCUT2D eigenvalue weighted by atomic mass is 10.1. The second-order valence-corrected chi connectivity index (χ2v) is 7.46. The van der Waals surface area contributed by atoms with Crippen molar-refractivity contribution in [3.63, 3.8) is 0 Å². The van der Waals surface area contributed by atoms with Crippen LogP contribution in [0.5, 0.6) is 11.5 Å². The molecule has 3 aromatic rings. The predicted octanol–water partition coefficient (Wildman–Crippen LogP) is 3.92. The Labute approximate surface area is 168 Å². The van der Waals surface area contributed by atoms with Crippen molar-refractivity contribution in [2.24, 2.45) is 5.92 Å². The first-order chi connectivity index (χ1) is 13.5. The highest BCUT2D eigenvalue weighted by Gasteiger charge is 2.25. The van der Waals surface area contributed by atoms with Crippen molar-refractivity contribution in [1.29, 1.82) is 0 Å². The van der Waals surface area contributed by atoms with Gasteiger partial charge in [-0.2, -0.15) is 0 Å². The maximum absolute atomic E-state index is 13.3. The van der Waals surface area contributed by atoms with Gasteiger partial charge in [0.05, 0.1) is 19.8 Å². The molecule has 0 aliphatic carbocycles. The first-order valence-electron chi connectivity index (χ1n) is 8.81. The van der Waals surface area contributed by atoms with Crippen LogP contribution in [0.1, 0.15) is 24.2 Å². The zero-order valence-corrected chi connectivity index (χ0v) is 17.1. The van der Waals surface area contributed by atoms with Crippen LogP contribution in [0.2, 0.25) is 0 Å². The lowest BCUT2D eigenvalue weighted by Gasteiger charge is -2.22. The molecule has 7 nitrogen and oxygen atoms in total. The Hall–Kier alpha value is -3.00. The summed E-state index contributed by atoms with van der Waals surface area (Å²) in [4.78, 5) is 19.1. The highest BCUT2D eigenvalue weighted by Crippen LogP contribution is 2.32. The molecule has 146 valence electrons. The van der Waals surface area contributed by atoms with Crippen LogP contribution in [0.25, 0.3) is 10.6 Å². The number of hydrogen-bond donors (Lipinski definition) is 0. The van der Waals surface area contributed by atoms with Gasteiger partial charge in [-0.3, -0.25) is 14.7 Å². The average molecular weight is 398 g/mol. The van der Waals surface area contributed by atoms with E-state index < -0.39 is 0 Å². The van der Waals surface area contributed by atoms with E-state index in [0.717, 1.165) is 5.56 Å². The molecule has 0 saturated heterocycles. The molecule has 0 aliphatic heterocycles. The summed E-state index contributed by atoms with van der Waals surface area (Å²) in [5.41, 5.74) is 1.31. The molecule has 0 N–H and O–H groups in total. The molecule has 1 amide bonds. The number of methoxy groups -OCH3 is 2. The maximum atomic E-state index is 13.3. The van der Waals surface area contributed by atoms with Gasteiger partial charge in [0.2, 0.25) is 5.13 Å². The third kappa shape index (κ3) is 4.28. The fourth-order valence-corrected chi connectivity index (χ4v) is 3.51. The molecule has 1 aromatic carbocycles. The summed E-state index contributed by atoms with van der Waals surface area (Å²) in [5.74, 6) is 1.13. The van der Waals surface area contributed by atoms with Crippen molar-refractivity contribution in [2.45, 2.75) is 13.8 Å². The van der Waals surface area contributed by atoms with Crippen LogP contribution in [0.15, 0.2) is 42.7 Å². The number of pyridine rings is 1. The Morgan fingerprint density at radius 2 is 2.00 bits per heavy atom. The molecular weight excluding hydrogens is 376 g/mol. The van der Waals surface area contributed by atoms with Gasteiger partial charge >= 0.3 is 0 Å². The normalized spacial score (nSPS) is 10.8. The molecule has 28 heavy (non-hydrogen) atoms. The van der Waals surface area contributed by atoms with Crippen LogP contribution in [-0.2, 0) is 0 Å². The lowest BCUT2D eigenvalue weighted by Crippen LogP contribution is -2.34. The Bertz CT molecular complexity index is 944. The number of ether oxygens (including phenoxy) is 2. The second kappa shape index (κ2) is 8.79. The summed E-state index contributed by atoms with van der Waals surface area (Å²) in [6, 6.07) is 8.90. The minimum Gasteiger partial charge on any atom is -0.497 e. The molecule has 0 unspecified atom stereocenters. The first-order valence-corrected chi connectivity index (χ1v) is 9.63. The van der Waals surface area contributed by atoms with Crippen LogP contribution >= 0.6 is 11.3 Å². The molecule has 0 atom stereocenters. The molecular formula is C20H22N4O3S. The number of rotatable bonds is 7. The minimum atomic E-state index is -0.193. The molecule has 2 heterocycles. The average Bonchev–Trinajstić information content (AvgIpc) is 3.21. The van der Waals surface area contributed by atoms with Gasteiger partial charge in [-0.25, -0.2) is 0 Å². The second-order valence-electron chi connectivity index (χ2n) is 6.51. The summed E-state index contributed by atoms with van der Waals surface area (Å²) in [7, 11) is 3.10. The van der Waals surface area contributed by atoms with Gasteiger partial charge in [-0.1, -0.05) is 25.2 Å². The van der Waals surface area contributed by atoms with E-state index in [1.54, 1.807) is 42.6 Å². The predicted molar refractivity (Wildman–Crippen MR) is 109 cm³/mol. The highest BCUT2D eigenvalue weighted by molar-refractivity contribution is 7.18. The molecule has 8 heteroatoms. The number of carbonyl (C=O) groups excluding carboxylic acids is 1. The number of benzene rings is 1. The summed E-state index contributed by atoms with van der Waals surface area (Å²) < 4.78 is 10.6. The number of anilines is 1. The third-order valence-corrected chi connectivity index (χ3v) is 4.98. The molecule has 0 spiro atoms. The smallest absolute Gasteiger partial charge is 0.263 e. The first kappa shape index (κ1) is 19.8. The Kier molecular flexibility index (Phi) is 6.20. The van der Waals surface area contributed by atoms with Gasteiger partial charge in [0, 0.05) is 30.6 Å². The van der Waals surface area contributed by atoms with Crippen molar-refractivity contribution < 1.29 is 14.3 Å². The molecule has 0 saturated carbocycles. The molecule has 0 fully saturated rings. The zero-order chi connectivity index (χ0) is 20.1. The van der Waals surface area contributed by atoms with E-state index in [9.17, 15) is 4.79 Å². The molecule has 0 bridgehead atoms. The number of carbonyl (C=O) groups is 1. The number of hydrogen-bond acceptors (Lipinski definition) is 7. The quantitative estimate of drug-likeness (QED) is 0.600. The SMILES string of the molecule is COc1ccc(C(=O)N(CC(C)C)c2nnc(-c3cccnc3)s2)c(OC)c1. The Balaban J connectivity index is 1.97. The van der Waals surface area contributed by atoms with E-state index >= 15 is 0 Å². The van der Waals surface area contributed by atoms with Gasteiger partial charge in [-0.15, -0.1) is 10.2 Å². The maximum Gasteiger partial charge on any atom is 0.263 e. The van der Waals surface area contributed by atoms with E-state index in [2.05, 4.69) is 29.0 Å². The Morgan fingerprint density at radius 3 is 2.64 bits per heavy atom. The van der Waals surface area contributed by atoms with E-state index in [-0.39, 0.29) is 11.8 Å². The van der Waals surface area contributed by atoms with Crippen molar-refractivity contribution in [3.05, 3.63) is 48.3 Å². The number of amides is 1. The van der Waals surface area contributed by atoms with Crippen LogP contribution in [0, 0.1) is 5.92 Å². The molecule has 0 radical (unpaired) electrons. The summed E-state index contributed by atoms with van der Waals surface area (Å²) >= 11 is 1.36. The molecule has 2 aromatic heterocycles. The summed E-state index contributed by atoms with van der Waals surface area (Å²) in [6.45, 7) is 4.61. The van der Waals surface area contributed by atoms with Crippen molar-refractivity contribution in [2.75, 3.05) is 25.7 Å². The van der Waals surface area contributed by atoms with Gasteiger partial charge in [-0.05, 0) is 30.2 Å². The van der Waals surface area contributed by atoms with Gasteiger partial charge < -0.3 is 9.47 Å². The fraction of sp³-hybridized carbons (Fsp3) is 0.300. The van der Waals surface area contributed by atoms with Gasteiger partial charge in [0.1, 0.15) is 11.5 Å². The van der Waals surface area contributed by atoms with Gasteiger partial charge in [0.25, 0.3) is 5.91 Å². The minimum absolute atomic E-state index is 0.193. The van der Waals surface area contributed by atoms with Crippen molar-refractivity contribution in [1.82, 2.24) is 15.2 Å². The standard InChI is InChI=1S/C20H22N4O3S/c1-13(2)12-24(19(25)16-8-7-15(26-3)10-17(16)27-4)20-23-22-18(28-20)14-6-5-9-21-11-14/h5-11,13H,12H2,1-4H3. The summed E-state index contributed by atoms with van der Waals surface area (Å²) in [5, 5.41) is 9.76. The van der Waals surface area contributed by atoms with Crippen LogP contribution in [0.3, 0.4) is 0 Å². The van der Waals surface area contributed by atoms with Crippen LogP contribution in [-0.4, -0.2) is 41.9 Å². The third-order valence-electron chi connectivity index (χ3n) is 3.99. The lowest BCUT2D eigenvalue weighted by molar-refractivity contribution is 0.0980. The van der Waals surface area contributed by atoms with E-state index in [4.69, 9.17) is 9.47 Å².